The quantitative estimate of drug-likeness (QED) is 0.825. The third-order valence-corrected chi connectivity index (χ3v) is 6.68. The Morgan fingerprint density at radius 2 is 2.15 bits per heavy atom. The molecule has 3 heterocycles. The summed E-state index contributed by atoms with van der Waals surface area (Å²) in [6, 6.07) is 6.46. The van der Waals surface area contributed by atoms with E-state index >= 15 is 0 Å². The van der Waals surface area contributed by atoms with Crippen molar-refractivity contribution < 1.29 is 9.53 Å². The Morgan fingerprint density at radius 3 is 2.88 bits per heavy atom. The predicted octanol–water partition coefficient (Wildman–Crippen LogP) is 3.32. The Hall–Kier alpha value is -1.66. The number of benzene rings is 1. The lowest BCUT2D eigenvalue weighted by molar-refractivity contribution is -0.134. The van der Waals surface area contributed by atoms with Gasteiger partial charge in [-0.2, -0.15) is 0 Å². The minimum atomic E-state index is 0.0753. The molecule has 0 spiro atoms. The molecular formula is C20H27N3O2S. The van der Waals surface area contributed by atoms with Crippen molar-refractivity contribution in [2.24, 2.45) is 11.8 Å². The maximum absolute atomic E-state index is 12.5. The number of carbonyl (C=O) groups excluding carboxylic acids is 1. The largest absolute Gasteiger partial charge is 0.381 e. The van der Waals surface area contributed by atoms with E-state index in [4.69, 9.17) is 9.72 Å². The first-order valence-electron chi connectivity index (χ1n) is 9.55. The fourth-order valence-corrected chi connectivity index (χ4v) is 5.10. The third-order valence-electron chi connectivity index (χ3n) is 5.60. The summed E-state index contributed by atoms with van der Waals surface area (Å²) in [5, 5.41) is 1.14. The van der Waals surface area contributed by atoms with Gasteiger partial charge in [0.15, 0.2) is 5.13 Å². The number of nitrogens with zero attached hydrogens (tertiary/aromatic N) is 3. The molecule has 2 fully saturated rings. The van der Waals surface area contributed by atoms with Gasteiger partial charge in [0.05, 0.1) is 22.7 Å². The number of hydrogen-bond acceptors (Lipinski definition) is 5. The molecule has 1 unspecified atom stereocenters. The van der Waals surface area contributed by atoms with Crippen LogP contribution in [0.4, 0.5) is 5.13 Å². The lowest BCUT2D eigenvalue weighted by Gasteiger charge is -2.34. The highest BCUT2D eigenvalue weighted by Gasteiger charge is 2.29. The van der Waals surface area contributed by atoms with Gasteiger partial charge in [0.2, 0.25) is 5.91 Å². The summed E-state index contributed by atoms with van der Waals surface area (Å²) in [7, 11) is 1.95. The zero-order valence-corrected chi connectivity index (χ0v) is 16.4. The van der Waals surface area contributed by atoms with E-state index in [1.807, 2.05) is 11.9 Å². The van der Waals surface area contributed by atoms with Crippen molar-refractivity contribution in [3.05, 3.63) is 23.8 Å². The number of ether oxygens (including phenoxy) is 1. The summed E-state index contributed by atoms with van der Waals surface area (Å²) >= 11 is 1.79. The number of aromatic nitrogens is 1. The van der Waals surface area contributed by atoms with E-state index < -0.39 is 0 Å². The van der Waals surface area contributed by atoms with E-state index in [1.54, 1.807) is 11.3 Å². The van der Waals surface area contributed by atoms with Gasteiger partial charge in [-0.25, -0.2) is 4.98 Å². The molecule has 1 aromatic carbocycles. The van der Waals surface area contributed by atoms with Gasteiger partial charge < -0.3 is 14.5 Å². The summed E-state index contributed by atoms with van der Waals surface area (Å²) in [6.45, 7) is 6.36. The molecule has 2 aliphatic heterocycles. The SMILES string of the molecule is Cc1ccc2nc(N3CCC(CN(C)C(=O)C4CCOC4)CC3)sc2c1. The Kier molecular flexibility index (Phi) is 5.14. The van der Waals surface area contributed by atoms with Gasteiger partial charge in [0, 0.05) is 33.3 Å². The molecule has 4 rings (SSSR count). The molecule has 2 saturated heterocycles. The summed E-state index contributed by atoms with van der Waals surface area (Å²) in [5.74, 6) is 0.914. The monoisotopic (exact) mass is 373 g/mol. The Morgan fingerprint density at radius 1 is 1.35 bits per heavy atom. The molecule has 6 heteroatoms. The average Bonchev–Trinajstić information content (AvgIpc) is 3.31. The van der Waals surface area contributed by atoms with E-state index in [1.165, 1.54) is 10.3 Å². The summed E-state index contributed by atoms with van der Waals surface area (Å²) < 4.78 is 6.62. The number of piperidine rings is 1. The van der Waals surface area contributed by atoms with E-state index in [0.717, 1.165) is 56.2 Å². The van der Waals surface area contributed by atoms with Gasteiger partial charge in [-0.15, -0.1) is 0 Å². The maximum Gasteiger partial charge on any atom is 0.227 e. The second-order valence-corrected chi connectivity index (χ2v) is 8.69. The zero-order valence-electron chi connectivity index (χ0n) is 15.6. The van der Waals surface area contributed by atoms with Crippen LogP contribution in [0.2, 0.25) is 0 Å². The van der Waals surface area contributed by atoms with Gasteiger partial charge in [-0.1, -0.05) is 17.4 Å². The van der Waals surface area contributed by atoms with Crippen molar-refractivity contribution in [3.8, 4) is 0 Å². The first kappa shape index (κ1) is 17.7. The molecule has 2 aromatic rings. The number of hydrogen-bond donors (Lipinski definition) is 0. The van der Waals surface area contributed by atoms with E-state index in [9.17, 15) is 4.79 Å². The first-order valence-corrected chi connectivity index (χ1v) is 10.4. The number of amides is 1. The van der Waals surface area contributed by atoms with Crippen LogP contribution < -0.4 is 4.90 Å². The molecule has 1 atom stereocenters. The lowest BCUT2D eigenvalue weighted by Crippen LogP contribution is -2.41. The van der Waals surface area contributed by atoms with Crippen molar-refractivity contribution in [1.82, 2.24) is 9.88 Å². The highest BCUT2D eigenvalue weighted by molar-refractivity contribution is 7.22. The van der Waals surface area contributed by atoms with Gasteiger partial charge in [-0.3, -0.25) is 4.79 Å². The van der Waals surface area contributed by atoms with Crippen LogP contribution in [0.3, 0.4) is 0 Å². The zero-order chi connectivity index (χ0) is 18.1. The van der Waals surface area contributed by atoms with E-state index in [-0.39, 0.29) is 11.8 Å². The Labute approximate surface area is 159 Å². The molecule has 1 amide bonds. The molecular weight excluding hydrogens is 346 g/mol. The summed E-state index contributed by atoms with van der Waals surface area (Å²) in [6.07, 6.45) is 3.11. The number of fused-ring (bicyclic) bond motifs is 1. The number of carbonyl (C=O) groups is 1. The van der Waals surface area contributed by atoms with Gasteiger partial charge in [0.1, 0.15) is 0 Å². The average molecular weight is 374 g/mol. The number of rotatable bonds is 4. The topological polar surface area (TPSA) is 45.7 Å². The molecule has 5 nitrogen and oxygen atoms in total. The molecule has 0 bridgehead atoms. The first-order chi connectivity index (χ1) is 12.6. The molecule has 0 saturated carbocycles. The number of thiazole rings is 1. The Balaban J connectivity index is 1.32. The molecule has 0 N–H and O–H groups in total. The third kappa shape index (κ3) is 3.71. The van der Waals surface area contributed by atoms with Gasteiger partial charge in [0.25, 0.3) is 0 Å². The van der Waals surface area contributed by atoms with Crippen molar-refractivity contribution in [2.45, 2.75) is 26.2 Å². The summed E-state index contributed by atoms with van der Waals surface area (Å²) in [5.41, 5.74) is 2.38. The standard InChI is InChI=1S/C20H27N3O2S/c1-14-3-4-17-18(11-14)26-20(21-17)23-8-5-15(6-9-23)12-22(2)19(24)16-7-10-25-13-16/h3-4,11,15-16H,5-10,12-13H2,1-2H3. The van der Waals surface area contributed by atoms with Crippen LogP contribution in [-0.4, -0.2) is 55.7 Å². The van der Waals surface area contributed by atoms with Crippen molar-refractivity contribution in [2.75, 3.05) is 44.8 Å². The van der Waals surface area contributed by atoms with Gasteiger partial charge in [-0.05, 0) is 49.8 Å². The molecule has 2 aliphatic rings. The van der Waals surface area contributed by atoms with Crippen LogP contribution in [0.5, 0.6) is 0 Å². The second-order valence-electron chi connectivity index (χ2n) is 7.68. The summed E-state index contributed by atoms with van der Waals surface area (Å²) in [4.78, 5) is 21.6. The van der Waals surface area contributed by atoms with Crippen LogP contribution >= 0.6 is 11.3 Å². The van der Waals surface area contributed by atoms with Crippen molar-refractivity contribution in [1.29, 1.82) is 0 Å². The number of anilines is 1. The van der Waals surface area contributed by atoms with Crippen molar-refractivity contribution in [3.63, 3.8) is 0 Å². The minimum absolute atomic E-state index is 0.0753. The molecule has 26 heavy (non-hydrogen) atoms. The molecule has 140 valence electrons. The fraction of sp³-hybridized carbons (Fsp3) is 0.600. The highest BCUT2D eigenvalue weighted by atomic mass is 32.1. The molecule has 0 aliphatic carbocycles. The minimum Gasteiger partial charge on any atom is -0.381 e. The van der Waals surface area contributed by atoms with E-state index in [2.05, 4.69) is 30.0 Å². The Bertz CT molecular complexity index is 776. The van der Waals surface area contributed by atoms with Crippen LogP contribution in [0, 0.1) is 18.8 Å². The molecule has 1 aromatic heterocycles. The van der Waals surface area contributed by atoms with Crippen LogP contribution in [0.25, 0.3) is 10.2 Å². The predicted molar refractivity (Wildman–Crippen MR) is 106 cm³/mol. The fourth-order valence-electron chi connectivity index (χ4n) is 3.98. The molecule has 0 radical (unpaired) electrons. The number of aryl methyl sites for hydroxylation is 1. The van der Waals surface area contributed by atoms with E-state index in [0.29, 0.717) is 12.5 Å². The normalized spacial score (nSPS) is 21.5. The van der Waals surface area contributed by atoms with Crippen LogP contribution in [0.15, 0.2) is 18.2 Å². The smallest absolute Gasteiger partial charge is 0.227 e. The van der Waals surface area contributed by atoms with Crippen LogP contribution in [0.1, 0.15) is 24.8 Å². The second kappa shape index (κ2) is 7.53. The van der Waals surface area contributed by atoms with Crippen molar-refractivity contribution >= 4 is 32.6 Å². The lowest BCUT2D eigenvalue weighted by atomic mass is 9.96. The van der Waals surface area contributed by atoms with Crippen LogP contribution in [-0.2, 0) is 9.53 Å². The highest BCUT2D eigenvalue weighted by Crippen LogP contribution is 2.32. The van der Waals surface area contributed by atoms with Gasteiger partial charge >= 0.3 is 0 Å². The maximum atomic E-state index is 12.5.